The van der Waals surface area contributed by atoms with Crippen LogP contribution in [0, 0.1) is 0 Å². The monoisotopic (exact) mass is 817 g/mol. The molecule has 246 valence electrons. The van der Waals surface area contributed by atoms with E-state index >= 15 is 0 Å². The standard InChI is InChI=1S/C41H23NS9/c1-5-28(43-17-1)25-22-37(50-39(25)33-7-3-19-45-33)31-10-9-30(47-31)27-21-36(24-13-15-42-16-14-24)49-41(27)35-12-11-32(48-35)38-23-26(29-6-2-18-44-29)40(51-38)34-8-4-20-46-34/h1-23H. The average Bonchev–Trinajstić information content (AvgIpc) is 4.03. The van der Waals surface area contributed by atoms with Crippen molar-refractivity contribution in [3.63, 3.8) is 0 Å². The fourth-order valence-electron chi connectivity index (χ4n) is 6.06. The molecule has 0 unspecified atom stereocenters. The molecule has 0 aliphatic carbocycles. The summed E-state index contributed by atoms with van der Waals surface area (Å²) in [6.45, 7) is 0. The second-order valence-electron chi connectivity index (χ2n) is 11.5. The summed E-state index contributed by atoms with van der Waals surface area (Å²) in [6.07, 6.45) is 3.78. The van der Waals surface area contributed by atoms with Crippen LogP contribution in [0.25, 0.3) is 90.5 Å². The molecule has 0 saturated carbocycles. The summed E-state index contributed by atoms with van der Waals surface area (Å²) in [7, 11) is 0. The van der Waals surface area contributed by atoms with Crippen molar-refractivity contribution in [1.82, 2.24) is 4.98 Å². The van der Waals surface area contributed by atoms with Gasteiger partial charge in [0.25, 0.3) is 0 Å². The summed E-state index contributed by atoms with van der Waals surface area (Å²) in [5.74, 6) is 0. The highest BCUT2D eigenvalue weighted by Gasteiger charge is 2.22. The normalized spacial score (nSPS) is 11.5. The van der Waals surface area contributed by atoms with Crippen LogP contribution < -0.4 is 0 Å². The van der Waals surface area contributed by atoms with E-state index in [2.05, 4.69) is 130 Å². The van der Waals surface area contributed by atoms with Crippen molar-refractivity contribution < 1.29 is 0 Å². The van der Waals surface area contributed by atoms with Crippen LogP contribution in [0.1, 0.15) is 0 Å². The number of thiophene rings is 9. The molecular weight excluding hydrogens is 795 g/mol. The first-order chi connectivity index (χ1) is 25.2. The summed E-state index contributed by atoms with van der Waals surface area (Å²) in [5.41, 5.74) is 5.18. The summed E-state index contributed by atoms with van der Waals surface area (Å²) < 4.78 is 0. The van der Waals surface area contributed by atoms with Crippen molar-refractivity contribution in [3.8, 4) is 90.5 Å². The van der Waals surface area contributed by atoms with E-state index in [4.69, 9.17) is 0 Å². The van der Waals surface area contributed by atoms with Crippen LogP contribution in [0.3, 0.4) is 0 Å². The Morgan fingerprint density at radius 1 is 0.314 bits per heavy atom. The Balaban J connectivity index is 1.05. The zero-order valence-electron chi connectivity index (χ0n) is 26.4. The second-order valence-corrected chi connectivity index (χ2v) is 20.6. The van der Waals surface area contributed by atoms with Crippen LogP contribution in [-0.4, -0.2) is 4.98 Å². The molecule has 0 bridgehead atoms. The van der Waals surface area contributed by atoms with Crippen molar-refractivity contribution >= 4 is 102 Å². The van der Waals surface area contributed by atoms with E-state index in [-0.39, 0.29) is 0 Å². The zero-order chi connectivity index (χ0) is 33.7. The van der Waals surface area contributed by atoms with Gasteiger partial charge in [-0.05, 0) is 106 Å². The molecule has 10 heteroatoms. The summed E-state index contributed by atoms with van der Waals surface area (Å²) in [6, 6.07) is 38.3. The van der Waals surface area contributed by atoms with Gasteiger partial charge in [0.15, 0.2) is 0 Å². The number of rotatable bonds is 9. The topological polar surface area (TPSA) is 12.9 Å². The first kappa shape index (κ1) is 32.1. The summed E-state index contributed by atoms with van der Waals surface area (Å²) >= 11 is 16.8. The fraction of sp³-hybridized carbons (Fsp3) is 0. The SMILES string of the molecule is c1csc(-c2cc(-c3ccc(-c4cc(-c5ccncc5)sc4-c4ccc(-c5cc(-c6cccs6)c(-c6cccs6)s5)s4)s3)sc2-c2cccs2)c1. The van der Waals surface area contributed by atoms with Gasteiger partial charge >= 0.3 is 0 Å². The molecule has 0 aliphatic rings. The number of aromatic nitrogens is 1. The van der Waals surface area contributed by atoms with Gasteiger partial charge in [0, 0.05) is 82.7 Å². The minimum absolute atomic E-state index is 1.20. The Labute approximate surface area is 331 Å². The van der Waals surface area contributed by atoms with Crippen molar-refractivity contribution in [2.75, 3.05) is 0 Å². The van der Waals surface area contributed by atoms with Gasteiger partial charge in [0.1, 0.15) is 0 Å². The fourth-order valence-corrected chi connectivity index (χ4v) is 15.3. The van der Waals surface area contributed by atoms with Crippen LogP contribution >= 0.6 is 102 Å². The highest BCUT2D eigenvalue weighted by molar-refractivity contribution is 7.30. The van der Waals surface area contributed by atoms with Crippen LogP contribution in [-0.2, 0) is 0 Å². The van der Waals surface area contributed by atoms with Crippen LogP contribution in [0.15, 0.2) is 137 Å². The third-order valence-electron chi connectivity index (χ3n) is 8.41. The van der Waals surface area contributed by atoms with E-state index in [0.717, 1.165) is 0 Å². The molecule has 0 N–H and O–H groups in total. The third-order valence-corrected chi connectivity index (χ3v) is 18.5. The van der Waals surface area contributed by atoms with Crippen LogP contribution in [0.2, 0.25) is 0 Å². The summed E-state index contributed by atoms with van der Waals surface area (Å²) in [5, 5.41) is 8.70. The Morgan fingerprint density at radius 2 is 0.725 bits per heavy atom. The second kappa shape index (κ2) is 13.8. The maximum absolute atomic E-state index is 4.30. The maximum Gasteiger partial charge on any atom is 0.0536 e. The minimum Gasteiger partial charge on any atom is -0.265 e. The van der Waals surface area contributed by atoms with Gasteiger partial charge in [-0.25, -0.2) is 0 Å². The van der Waals surface area contributed by atoms with Gasteiger partial charge < -0.3 is 0 Å². The van der Waals surface area contributed by atoms with E-state index in [9.17, 15) is 0 Å². The van der Waals surface area contributed by atoms with Gasteiger partial charge in [-0.2, -0.15) is 0 Å². The molecule has 0 fully saturated rings. The number of hydrogen-bond donors (Lipinski definition) is 0. The molecule has 1 nitrogen and oxygen atoms in total. The molecular formula is C41H23NS9. The van der Waals surface area contributed by atoms with E-state index in [1.165, 1.54) is 90.5 Å². The Bertz CT molecular complexity index is 2400. The lowest BCUT2D eigenvalue weighted by atomic mass is 10.1. The van der Waals surface area contributed by atoms with Crippen LogP contribution in [0.4, 0.5) is 0 Å². The molecule has 0 aliphatic heterocycles. The predicted molar refractivity (Wildman–Crippen MR) is 234 cm³/mol. The molecule has 0 aromatic carbocycles. The number of pyridine rings is 1. The van der Waals surface area contributed by atoms with Gasteiger partial charge in [0.2, 0.25) is 0 Å². The Kier molecular flexibility index (Phi) is 8.68. The van der Waals surface area contributed by atoms with Crippen molar-refractivity contribution in [2.45, 2.75) is 0 Å². The lowest BCUT2D eigenvalue weighted by Crippen LogP contribution is -1.72. The molecule has 10 rings (SSSR count). The van der Waals surface area contributed by atoms with Gasteiger partial charge in [-0.1, -0.05) is 24.3 Å². The van der Waals surface area contributed by atoms with E-state index < -0.39 is 0 Å². The average molecular weight is 818 g/mol. The van der Waals surface area contributed by atoms with Crippen molar-refractivity contribution in [3.05, 3.63) is 137 Å². The van der Waals surface area contributed by atoms with E-state index in [1.807, 2.05) is 114 Å². The quantitative estimate of drug-likeness (QED) is 0.141. The first-order valence-electron chi connectivity index (χ1n) is 15.9. The van der Waals surface area contributed by atoms with Gasteiger partial charge in [-0.15, -0.1) is 102 Å². The molecule has 10 heterocycles. The lowest BCUT2D eigenvalue weighted by molar-refractivity contribution is 1.33. The molecule has 0 atom stereocenters. The van der Waals surface area contributed by atoms with Gasteiger partial charge in [-0.3, -0.25) is 4.98 Å². The number of hydrogen-bond acceptors (Lipinski definition) is 10. The molecule has 0 saturated heterocycles. The molecule has 10 aromatic rings. The van der Waals surface area contributed by atoms with Gasteiger partial charge in [0.05, 0.1) is 14.6 Å². The zero-order valence-corrected chi connectivity index (χ0v) is 33.7. The van der Waals surface area contributed by atoms with Crippen molar-refractivity contribution in [2.24, 2.45) is 0 Å². The predicted octanol–water partition coefficient (Wildman–Crippen LogP) is 16.6. The largest absolute Gasteiger partial charge is 0.265 e. The molecule has 0 amide bonds. The smallest absolute Gasteiger partial charge is 0.0536 e. The highest BCUT2D eigenvalue weighted by atomic mass is 32.1. The lowest BCUT2D eigenvalue weighted by Gasteiger charge is -1.99. The number of nitrogens with zero attached hydrogens (tertiary/aromatic N) is 1. The summed E-state index contributed by atoms with van der Waals surface area (Å²) in [4.78, 5) is 22.8. The van der Waals surface area contributed by atoms with E-state index in [1.54, 1.807) is 0 Å². The van der Waals surface area contributed by atoms with E-state index in [0.29, 0.717) is 0 Å². The Hall–Kier alpha value is -3.55. The minimum atomic E-state index is 1.20. The van der Waals surface area contributed by atoms with Crippen molar-refractivity contribution in [1.29, 1.82) is 0 Å². The highest BCUT2D eigenvalue weighted by Crippen LogP contribution is 2.53. The molecule has 0 spiro atoms. The Morgan fingerprint density at radius 3 is 1.25 bits per heavy atom. The first-order valence-corrected chi connectivity index (χ1v) is 23.5. The molecule has 0 radical (unpaired) electrons. The molecule has 51 heavy (non-hydrogen) atoms. The molecule has 10 aromatic heterocycles. The third kappa shape index (κ3) is 6.12. The van der Waals surface area contributed by atoms with Crippen LogP contribution in [0.5, 0.6) is 0 Å². The maximum atomic E-state index is 4.30.